The number of fused-ring (bicyclic) bond motifs is 8. The van der Waals surface area contributed by atoms with Crippen molar-refractivity contribution in [2.45, 2.75) is 6.42 Å². The second-order valence-corrected chi connectivity index (χ2v) is 7.01. The van der Waals surface area contributed by atoms with Crippen molar-refractivity contribution in [2.75, 3.05) is 0 Å². The zero-order valence-corrected chi connectivity index (χ0v) is 13.8. The maximum absolute atomic E-state index is 2.42. The molecule has 0 N–H and O–H groups in total. The number of benzene rings is 5. The fraction of sp³-hybridized carbons (Fsp3) is 0.0400. The van der Waals surface area contributed by atoms with E-state index in [-0.39, 0.29) is 0 Å². The van der Waals surface area contributed by atoms with Gasteiger partial charge >= 0.3 is 0 Å². The standard InChI is InChI=1S/C25H16/c1-3-7-20-16(5-1)9-10-18-13-24-19(14-23(18)20)15-25-21-8-4-2-6-17(21)11-12-22(24)25/h1-14H,15H2. The van der Waals surface area contributed by atoms with Crippen LogP contribution in [0, 0.1) is 0 Å². The Balaban J connectivity index is 1.69. The van der Waals surface area contributed by atoms with Crippen LogP contribution in [0.1, 0.15) is 11.1 Å². The second kappa shape index (κ2) is 4.70. The van der Waals surface area contributed by atoms with Gasteiger partial charge in [0.15, 0.2) is 0 Å². The Hall–Kier alpha value is -3.12. The van der Waals surface area contributed by atoms with E-state index >= 15 is 0 Å². The lowest BCUT2D eigenvalue weighted by molar-refractivity contribution is 1.29. The monoisotopic (exact) mass is 316 g/mol. The van der Waals surface area contributed by atoms with Gasteiger partial charge in [0.1, 0.15) is 0 Å². The van der Waals surface area contributed by atoms with Crippen LogP contribution in [0.25, 0.3) is 43.4 Å². The number of hydrogen-bond acceptors (Lipinski definition) is 0. The normalized spacial score (nSPS) is 12.6. The van der Waals surface area contributed by atoms with E-state index < -0.39 is 0 Å². The van der Waals surface area contributed by atoms with Crippen molar-refractivity contribution < 1.29 is 0 Å². The van der Waals surface area contributed by atoms with Gasteiger partial charge in [-0.1, -0.05) is 72.8 Å². The predicted octanol–water partition coefficient (Wildman–Crippen LogP) is 6.72. The predicted molar refractivity (Wildman–Crippen MR) is 107 cm³/mol. The summed E-state index contributed by atoms with van der Waals surface area (Å²) in [5, 5.41) is 8.10. The minimum Gasteiger partial charge on any atom is -0.0616 e. The summed E-state index contributed by atoms with van der Waals surface area (Å²) in [6, 6.07) is 31.3. The van der Waals surface area contributed by atoms with Crippen LogP contribution in [-0.4, -0.2) is 0 Å². The largest absolute Gasteiger partial charge is 0.0616 e. The molecule has 0 aromatic heterocycles. The van der Waals surface area contributed by atoms with Gasteiger partial charge in [-0.3, -0.25) is 0 Å². The Labute approximate surface area is 146 Å². The molecule has 6 rings (SSSR count). The molecular formula is C25H16. The molecule has 0 fully saturated rings. The van der Waals surface area contributed by atoms with E-state index in [1.54, 1.807) is 0 Å². The quantitative estimate of drug-likeness (QED) is 0.273. The first-order valence-electron chi connectivity index (χ1n) is 8.84. The SMILES string of the molecule is c1ccc2c3c(ccc2c1)-c1cc2ccc4ccccc4c2cc1C3. The lowest BCUT2D eigenvalue weighted by atomic mass is 9.96. The van der Waals surface area contributed by atoms with E-state index in [0.717, 1.165) is 6.42 Å². The van der Waals surface area contributed by atoms with E-state index in [1.807, 2.05) is 0 Å². The third kappa shape index (κ3) is 1.77. The number of rotatable bonds is 0. The average Bonchev–Trinajstić information content (AvgIpc) is 3.04. The Bertz CT molecular complexity index is 1310. The zero-order chi connectivity index (χ0) is 16.4. The van der Waals surface area contributed by atoms with Gasteiger partial charge in [-0.2, -0.15) is 0 Å². The first-order chi connectivity index (χ1) is 12.4. The molecule has 0 aliphatic heterocycles. The Morgan fingerprint density at radius 3 is 2.04 bits per heavy atom. The molecule has 0 saturated carbocycles. The highest BCUT2D eigenvalue weighted by atomic mass is 14.2. The fourth-order valence-electron chi connectivity index (χ4n) is 4.47. The molecule has 5 aromatic rings. The summed E-state index contributed by atoms with van der Waals surface area (Å²) < 4.78 is 0. The van der Waals surface area contributed by atoms with Gasteiger partial charge in [-0.15, -0.1) is 0 Å². The highest BCUT2D eigenvalue weighted by Gasteiger charge is 2.21. The highest BCUT2D eigenvalue weighted by molar-refractivity contribution is 6.10. The molecule has 0 amide bonds. The van der Waals surface area contributed by atoms with Gasteiger partial charge in [0.05, 0.1) is 0 Å². The van der Waals surface area contributed by atoms with Crippen LogP contribution in [0.5, 0.6) is 0 Å². The van der Waals surface area contributed by atoms with Crippen LogP contribution in [0.3, 0.4) is 0 Å². The van der Waals surface area contributed by atoms with Crippen molar-refractivity contribution in [1.29, 1.82) is 0 Å². The third-order valence-corrected chi connectivity index (χ3v) is 5.67. The molecule has 0 atom stereocenters. The van der Waals surface area contributed by atoms with Gasteiger partial charge in [0, 0.05) is 0 Å². The van der Waals surface area contributed by atoms with Crippen LogP contribution < -0.4 is 0 Å². The smallest absolute Gasteiger partial charge is 0.000706 e. The minimum absolute atomic E-state index is 1.03. The Morgan fingerprint density at radius 1 is 0.480 bits per heavy atom. The van der Waals surface area contributed by atoms with Crippen molar-refractivity contribution in [3.63, 3.8) is 0 Å². The topological polar surface area (TPSA) is 0 Å². The van der Waals surface area contributed by atoms with E-state index in [0.29, 0.717) is 0 Å². The zero-order valence-electron chi connectivity index (χ0n) is 13.8. The molecule has 0 spiro atoms. The van der Waals surface area contributed by atoms with Crippen molar-refractivity contribution >= 4 is 32.3 Å². The van der Waals surface area contributed by atoms with E-state index in [9.17, 15) is 0 Å². The molecule has 0 radical (unpaired) electrons. The summed E-state index contributed by atoms with van der Waals surface area (Å²) in [6.07, 6.45) is 1.03. The summed E-state index contributed by atoms with van der Waals surface area (Å²) in [5.74, 6) is 0. The molecular weight excluding hydrogens is 300 g/mol. The molecule has 116 valence electrons. The van der Waals surface area contributed by atoms with E-state index in [2.05, 4.69) is 84.9 Å². The lowest BCUT2D eigenvalue weighted by Gasteiger charge is -2.08. The van der Waals surface area contributed by atoms with Crippen LogP contribution in [-0.2, 0) is 6.42 Å². The van der Waals surface area contributed by atoms with Gasteiger partial charge in [0.2, 0.25) is 0 Å². The first kappa shape index (κ1) is 13.2. The number of hydrogen-bond donors (Lipinski definition) is 0. The molecule has 1 aliphatic rings. The van der Waals surface area contributed by atoms with Crippen molar-refractivity contribution in [3.8, 4) is 11.1 Å². The van der Waals surface area contributed by atoms with Crippen molar-refractivity contribution in [2.24, 2.45) is 0 Å². The third-order valence-electron chi connectivity index (χ3n) is 5.67. The summed E-state index contributed by atoms with van der Waals surface area (Å²) in [7, 11) is 0. The maximum atomic E-state index is 2.42. The van der Waals surface area contributed by atoms with Gasteiger partial charge in [-0.25, -0.2) is 0 Å². The molecule has 1 aliphatic carbocycles. The lowest BCUT2D eigenvalue weighted by Crippen LogP contribution is -1.84. The summed E-state index contributed by atoms with van der Waals surface area (Å²) in [5.41, 5.74) is 5.75. The molecule has 0 nitrogen and oxygen atoms in total. The first-order valence-corrected chi connectivity index (χ1v) is 8.84. The van der Waals surface area contributed by atoms with Crippen LogP contribution >= 0.6 is 0 Å². The minimum atomic E-state index is 1.03. The van der Waals surface area contributed by atoms with Gasteiger partial charge < -0.3 is 0 Å². The molecule has 25 heavy (non-hydrogen) atoms. The van der Waals surface area contributed by atoms with Gasteiger partial charge in [0.25, 0.3) is 0 Å². The molecule has 0 heterocycles. The molecule has 0 saturated heterocycles. The molecule has 0 unspecified atom stereocenters. The maximum Gasteiger partial charge on any atom is -0.000706 e. The molecule has 0 heteroatoms. The van der Waals surface area contributed by atoms with Crippen LogP contribution in [0.15, 0.2) is 84.9 Å². The summed E-state index contributed by atoms with van der Waals surface area (Å²) in [4.78, 5) is 0. The molecule has 5 aromatic carbocycles. The molecule has 0 bridgehead atoms. The Morgan fingerprint density at radius 2 is 1.16 bits per heavy atom. The second-order valence-electron chi connectivity index (χ2n) is 7.01. The summed E-state index contributed by atoms with van der Waals surface area (Å²) >= 11 is 0. The van der Waals surface area contributed by atoms with E-state index in [1.165, 1.54) is 54.6 Å². The van der Waals surface area contributed by atoms with Crippen molar-refractivity contribution in [1.82, 2.24) is 0 Å². The highest BCUT2D eigenvalue weighted by Crippen LogP contribution is 2.43. The van der Waals surface area contributed by atoms with Crippen molar-refractivity contribution in [3.05, 3.63) is 96.1 Å². The van der Waals surface area contributed by atoms with E-state index in [4.69, 9.17) is 0 Å². The summed E-state index contributed by atoms with van der Waals surface area (Å²) in [6.45, 7) is 0. The van der Waals surface area contributed by atoms with Crippen LogP contribution in [0.4, 0.5) is 0 Å². The van der Waals surface area contributed by atoms with Crippen LogP contribution in [0.2, 0.25) is 0 Å². The fourth-order valence-corrected chi connectivity index (χ4v) is 4.47. The average molecular weight is 316 g/mol. The van der Waals surface area contributed by atoms with Gasteiger partial charge in [-0.05, 0) is 73.1 Å². The Kier molecular flexibility index (Phi) is 2.48.